The molecule has 2 unspecified atom stereocenters. The van der Waals surface area contributed by atoms with Crippen molar-refractivity contribution in [3.63, 3.8) is 0 Å². The van der Waals surface area contributed by atoms with Crippen LogP contribution in [-0.2, 0) is 0 Å². The molecular weight excluding hydrogens is 286 g/mol. The van der Waals surface area contributed by atoms with Gasteiger partial charge < -0.3 is 5.32 Å². The van der Waals surface area contributed by atoms with Crippen molar-refractivity contribution >= 4 is 21.6 Å². The maximum Gasteiger partial charge on any atom is 0.0489 e. The highest BCUT2D eigenvalue weighted by Gasteiger charge is 2.18. The van der Waals surface area contributed by atoms with E-state index >= 15 is 0 Å². The van der Waals surface area contributed by atoms with Crippen LogP contribution in [-0.4, -0.2) is 6.04 Å². The highest BCUT2D eigenvalue weighted by atomic mass is 79.9. The molecule has 2 rings (SSSR count). The molecule has 18 heavy (non-hydrogen) atoms. The summed E-state index contributed by atoms with van der Waals surface area (Å²) in [5, 5.41) is 3.73. The van der Waals surface area contributed by atoms with Gasteiger partial charge in [-0.25, -0.2) is 0 Å². The standard InChI is InChI=1S/C16H24BrN/c1-3-13-5-4-6-14(9-8-13)18-16-11-12(2)7-10-15(16)17/h7,10-11,13-14,18H,3-6,8-9H2,1-2H3. The summed E-state index contributed by atoms with van der Waals surface area (Å²) in [5.74, 6) is 0.956. The summed E-state index contributed by atoms with van der Waals surface area (Å²) in [6, 6.07) is 7.19. The second-order valence-electron chi connectivity index (χ2n) is 5.61. The Bertz CT molecular complexity index is 389. The minimum absolute atomic E-state index is 0.652. The van der Waals surface area contributed by atoms with Crippen molar-refractivity contribution in [3.05, 3.63) is 28.2 Å². The van der Waals surface area contributed by atoms with Crippen LogP contribution >= 0.6 is 15.9 Å². The van der Waals surface area contributed by atoms with Crippen molar-refractivity contribution in [3.8, 4) is 0 Å². The van der Waals surface area contributed by atoms with Crippen LogP contribution in [0.3, 0.4) is 0 Å². The zero-order valence-electron chi connectivity index (χ0n) is 11.5. The van der Waals surface area contributed by atoms with Gasteiger partial charge in [0.1, 0.15) is 0 Å². The molecular formula is C16H24BrN. The highest BCUT2D eigenvalue weighted by molar-refractivity contribution is 9.10. The first-order valence-corrected chi connectivity index (χ1v) is 8.01. The second-order valence-corrected chi connectivity index (χ2v) is 6.46. The fourth-order valence-corrected chi connectivity index (χ4v) is 3.26. The monoisotopic (exact) mass is 309 g/mol. The molecule has 0 bridgehead atoms. The van der Waals surface area contributed by atoms with Gasteiger partial charge in [0.25, 0.3) is 0 Å². The lowest BCUT2D eigenvalue weighted by Crippen LogP contribution is -2.18. The van der Waals surface area contributed by atoms with Crippen molar-refractivity contribution in [2.45, 2.75) is 58.4 Å². The largest absolute Gasteiger partial charge is 0.381 e. The lowest BCUT2D eigenvalue weighted by atomic mass is 9.98. The molecule has 1 nitrogen and oxygen atoms in total. The van der Waals surface area contributed by atoms with Gasteiger partial charge in [0, 0.05) is 16.2 Å². The summed E-state index contributed by atoms with van der Waals surface area (Å²) in [4.78, 5) is 0. The lowest BCUT2D eigenvalue weighted by Gasteiger charge is -2.19. The van der Waals surface area contributed by atoms with E-state index in [4.69, 9.17) is 0 Å². The number of halogens is 1. The average molecular weight is 310 g/mol. The first-order chi connectivity index (χ1) is 8.69. The first-order valence-electron chi connectivity index (χ1n) is 7.21. The van der Waals surface area contributed by atoms with Crippen LogP contribution in [0.4, 0.5) is 5.69 Å². The molecule has 2 atom stereocenters. The average Bonchev–Trinajstić information content (AvgIpc) is 2.59. The Balaban J connectivity index is 1.98. The van der Waals surface area contributed by atoms with E-state index in [2.05, 4.69) is 53.3 Å². The Kier molecular flexibility index (Phi) is 5.11. The van der Waals surface area contributed by atoms with E-state index in [1.807, 2.05) is 0 Å². The number of hydrogen-bond donors (Lipinski definition) is 1. The topological polar surface area (TPSA) is 12.0 Å². The van der Waals surface area contributed by atoms with E-state index < -0.39 is 0 Å². The van der Waals surface area contributed by atoms with E-state index in [1.165, 1.54) is 54.2 Å². The van der Waals surface area contributed by atoms with Gasteiger partial charge in [0.05, 0.1) is 0 Å². The number of hydrogen-bond acceptors (Lipinski definition) is 1. The molecule has 0 heterocycles. The van der Waals surface area contributed by atoms with Gasteiger partial charge in [-0.05, 0) is 65.7 Å². The van der Waals surface area contributed by atoms with Gasteiger partial charge in [0.15, 0.2) is 0 Å². The summed E-state index contributed by atoms with van der Waals surface area (Å²) >= 11 is 3.64. The number of nitrogens with one attached hydrogen (secondary N) is 1. The van der Waals surface area contributed by atoms with Gasteiger partial charge in [-0.2, -0.15) is 0 Å². The molecule has 1 aromatic carbocycles. The molecule has 0 aromatic heterocycles. The maximum absolute atomic E-state index is 3.73. The van der Waals surface area contributed by atoms with E-state index in [1.54, 1.807) is 0 Å². The highest BCUT2D eigenvalue weighted by Crippen LogP contribution is 2.30. The molecule has 0 saturated heterocycles. The van der Waals surface area contributed by atoms with Crippen LogP contribution in [0.1, 0.15) is 51.0 Å². The van der Waals surface area contributed by atoms with Crippen molar-refractivity contribution in [2.24, 2.45) is 5.92 Å². The molecule has 1 saturated carbocycles. The van der Waals surface area contributed by atoms with Crippen molar-refractivity contribution < 1.29 is 0 Å². The van der Waals surface area contributed by atoms with Gasteiger partial charge in [-0.15, -0.1) is 0 Å². The smallest absolute Gasteiger partial charge is 0.0489 e. The number of anilines is 1. The third-order valence-corrected chi connectivity index (χ3v) is 4.84. The van der Waals surface area contributed by atoms with E-state index in [0.717, 1.165) is 5.92 Å². The second kappa shape index (κ2) is 6.60. The van der Waals surface area contributed by atoms with Crippen molar-refractivity contribution in [2.75, 3.05) is 5.32 Å². The molecule has 0 spiro atoms. The lowest BCUT2D eigenvalue weighted by molar-refractivity contribution is 0.444. The van der Waals surface area contributed by atoms with Crippen LogP contribution in [0.25, 0.3) is 0 Å². The Morgan fingerprint density at radius 2 is 2.06 bits per heavy atom. The zero-order valence-corrected chi connectivity index (χ0v) is 13.1. The maximum atomic E-state index is 3.73. The van der Waals surface area contributed by atoms with Crippen molar-refractivity contribution in [1.82, 2.24) is 0 Å². The Labute approximate surface area is 119 Å². The fourth-order valence-electron chi connectivity index (χ4n) is 2.90. The molecule has 1 fully saturated rings. The van der Waals surface area contributed by atoms with E-state index in [-0.39, 0.29) is 0 Å². The van der Waals surface area contributed by atoms with Gasteiger partial charge in [-0.1, -0.05) is 32.3 Å². The minimum atomic E-state index is 0.652. The van der Waals surface area contributed by atoms with Gasteiger partial charge in [-0.3, -0.25) is 0 Å². The predicted octanol–water partition coefficient (Wildman–Crippen LogP) is 5.53. The van der Waals surface area contributed by atoms with Crippen molar-refractivity contribution in [1.29, 1.82) is 0 Å². The number of aryl methyl sites for hydroxylation is 1. The predicted molar refractivity (Wildman–Crippen MR) is 83.2 cm³/mol. The van der Waals surface area contributed by atoms with E-state index in [9.17, 15) is 0 Å². The summed E-state index contributed by atoms with van der Waals surface area (Å²) in [7, 11) is 0. The number of benzene rings is 1. The van der Waals surface area contributed by atoms with Crippen LogP contribution in [0.2, 0.25) is 0 Å². The van der Waals surface area contributed by atoms with Crippen LogP contribution in [0.15, 0.2) is 22.7 Å². The summed E-state index contributed by atoms with van der Waals surface area (Å²) in [5.41, 5.74) is 2.58. The van der Waals surface area contributed by atoms with Crippen LogP contribution < -0.4 is 5.32 Å². The quantitative estimate of drug-likeness (QED) is 0.724. The van der Waals surface area contributed by atoms with Gasteiger partial charge in [0.2, 0.25) is 0 Å². The molecule has 0 radical (unpaired) electrons. The van der Waals surface area contributed by atoms with E-state index in [0.29, 0.717) is 6.04 Å². The molecule has 100 valence electrons. The molecule has 1 aliphatic carbocycles. The minimum Gasteiger partial charge on any atom is -0.381 e. The van der Waals surface area contributed by atoms with Gasteiger partial charge >= 0.3 is 0 Å². The Hall–Kier alpha value is -0.500. The molecule has 1 aromatic rings. The Morgan fingerprint density at radius 1 is 1.22 bits per heavy atom. The van der Waals surface area contributed by atoms with Crippen LogP contribution in [0.5, 0.6) is 0 Å². The summed E-state index contributed by atoms with van der Waals surface area (Å²) in [6.45, 7) is 4.48. The molecule has 1 N–H and O–H groups in total. The number of rotatable bonds is 3. The summed E-state index contributed by atoms with van der Waals surface area (Å²) in [6.07, 6.45) is 8.16. The Morgan fingerprint density at radius 3 is 2.83 bits per heavy atom. The molecule has 0 amide bonds. The zero-order chi connectivity index (χ0) is 13.0. The third-order valence-electron chi connectivity index (χ3n) is 4.15. The molecule has 2 heteroatoms. The first kappa shape index (κ1) is 13.9. The van der Waals surface area contributed by atoms with Crippen LogP contribution in [0, 0.1) is 12.8 Å². The SMILES string of the molecule is CCC1CCCC(Nc2cc(C)ccc2Br)CC1. The molecule has 0 aliphatic heterocycles. The third kappa shape index (κ3) is 3.74. The normalized spacial score (nSPS) is 24.6. The molecule has 1 aliphatic rings. The summed E-state index contributed by atoms with van der Waals surface area (Å²) < 4.78 is 1.18. The fraction of sp³-hybridized carbons (Fsp3) is 0.625.